The Morgan fingerprint density at radius 2 is 2.18 bits per heavy atom. The number of hydrogen-bond acceptors (Lipinski definition) is 3. The molecule has 0 saturated carbocycles. The molecule has 1 aliphatic heterocycles. The van der Waals surface area contributed by atoms with Crippen molar-refractivity contribution in [3.8, 4) is 0 Å². The highest BCUT2D eigenvalue weighted by Gasteiger charge is 2.31. The van der Waals surface area contributed by atoms with Gasteiger partial charge in [0.25, 0.3) is 5.91 Å². The van der Waals surface area contributed by atoms with Crippen molar-refractivity contribution in [1.82, 2.24) is 4.90 Å². The lowest BCUT2D eigenvalue weighted by Crippen LogP contribution is -2.42. The van der Waals surface area contributed by atoms with Gasteiger partial charge in [0.1, 0.15) is 11.4 Å². The Morgan fingerprint density at radius 3 is 2.91 bits per heavy atom. The smallest absolute Gasteiger partial charge is 0.308 e. The summed E-state index contributed by atoms with van der Waals surface area (Å²) in [4.78, 5) is 25.2. The zero-order valence-electron chi connectivity index (χ0n) is 12.1. The lowest BCUT2D eigenvalue weighted by Gasteiger charge is -2.30. The molecule has 1 aromatic carbocycles. The maximum atomic E-state index is 13.3. The Morgan fingerprint density at radius 1 is 1.41 bits per heavy atom. The summed E-state index contributed by atoms with van der Waals surface area (Å²) in [6.45, 7) is 2.39. The number of carbonyl (C=O) groups excluding carboxylic acids is 1. The number of carboxylic acid groups (broad SMARTS) is 1. The van der Waals surface area contributed by atoms with Gasteiger partial charge >= 0.3 is 5.97 Å². The SMILES string of the molecule is Cc1c(C(=O)N2CCCC(C(=O)O)C2)oc2ccc(F)cc12. The molecular formula is C16H16FNO4. The number of carboxylic acids is 1. The summed E-state index contributed by atoms with van der Waals surface area (Å²) >= 11 is 0. The number of furan rings is 1. The fourth-order valence-electron chi connectivity index (χ4n) is 2.90. The summed E-state index contributed by atoms with van der Waals surface area (Å²) in [5.74, 6) is -1.99. The fourth-order valence-corrected chi connectivity index (χ4v) is 2.90. The molecule has 1 N–H and O–H groups in total. The van der Waals surface area contributed by atoms with Crippen LogP contribution in [0.3, 0.4) is 0 Å². The second-order valence-electron chi connectivity index (χ2n) is 5.63. The monoisotopic (exact) mass is 305 g/mol. The van der Waals surface area contributed by atoms with Crippen molar-refractivity contribution in [2.24, 2.45) is 5.92 Å². The first kappa shape index (κ1) is 14.6. The van der Waals surface area contributed by atoms with Crippen molar-refractivity contribution in [2.75, 3.05) is 13.1 Å². The minimum absolute atomic E-state index is 0.159. The fraction of sp³-hybridized carbons (Fsp3) is 0.375. The van der Waals surface area contributed by atoms with Gasteiger partial charge in [-0.05, 0) is 38.0 Å². The van der Waals surface area contributed by atoms with Gasteiger partial charge in [0.05, 0.1) is 5.92 Å². The number of fused-ring (bicyclic) bond motifs is 1. The van der Waals surface area contributed by atoms with Crippen LogP contribution in [0, 0.1) is 18.7 Å². The lowest BCUT2D eigenvalue weighted by molar-refractivity contribution is -0.143. The van der Waals surface area contributed by atoms with Crippen LogP contribution >= 0.6 is 0 Å². The van der Waals surface area contributed by atoms with E-state index in [0.29, 0.717) is 35.9 Å². The van der Waals surface area contributed by atoms with Crippen LogP contribution in [0.2, 0.25) is 0 Å². The Hall–Kier alpha value is -2.37. The van der Waals surface area contributed by atoms with Gasteiger partial charge in [-0.25, -0.2) is 4.39 Å². The third-order valence-electron chi connectivity index (χ3n) is 4.15. The number of halogens is 1. The minimum Gasteiger partial charge on any atom is -0.481 e. The van der Waals surface area contributed by atoms with Crippen molar-refractivity contribution in [3.63, 3.8) is 0 Å². The topological polar surface area (TPSA) is 70.8 Å². The summed E-state index contributed by atoms with van der Waals surface area (Å²) < 4.78 is 18.9. The molecule has 3 rings (SSSR count). The second kappa shape index (κ2) is 5.44. The lowest BCUT2D eigenvalue weighted by atomic mass is 9.98. The van der Waals surface area contributed by atoms with Crippen LogP contribution in [0.5, 0.6) is 0 Å². The molecule has 0 bridgehead atoms. The number of nitrogens with zero attached hydrogens (tertiary/aromatic N) is 1. The Bertz CT molecular complexity index is 752. The van der Waals surface area contributed by atoms with E-state index in [-0.39, 0.29) is 24.0 Å². The summed E-state index contributed by atoms with van der Waals surface area (Å²) in [5, 5.41) is 9.67. The first-order chi connectivity index (χ1) is 10.5. The number of hydrogen-bond donors (Lipinski definition) is 1. The summed E-state index contributed by atoms with van der Waals surface area (Å²) in [6.07, 6.45) is 1.22. The van der Waals surface area contributed by atoms with E-state index in [1.165, 1.54) is 23.1 Å². The van der Waals surface area contributed by atoms with Crippen molar-refractivity contribution < 1.29 is 23.5 Å². The van der Waals surface area contributed by atoms with E-state index in [1.807, 2.05) is 0 Å². The first-order valence-corrected chi connectivity index (χ1v) is 7.18. The molecule has 1 amide bonds. The van der Waals surface area contributed by atoms with Crippen molar-refractivity contribution in [1.29, 1.82) is 0 Å². The second-order valence-corrected chi connectivity index (χ2v) is 5.63. The number of aryl methyl sites for hydroxylation is 1. The van der Waals surface area contributed by atoms with Crippen LogP contribution in [0.25, 0.3) is 11.0 Å². The van der Waals surface area contributed by atoms with Gasteiger partial charge in [0, 0.05) is 24.0 Å². The largest absolute Gasteiger partial charge is 0.481 e. The van der Waals surface area contributed by atoms with E-state index in [4.69, 9.17) is 9.52 Å². The van der Waals surface area contributed by atoms with Crippen LogP contribution in [-0.4, -0.2) is 35.0 Å². The molecule has 1 aliphatic rings. The maximum absolute atomic E-state index is 13.3. The van der Waals surface area contributed by atoms with E-state index < -0.39 is 11.9 Å². The molecule has 0 radical (unpaired) electrons. The highest BCUT2D eigenvalue weighted by atomic mass is 19.1. The van der Waals surface area contributed by atoms with Crippen LogP contribution in [-0.2, 0) is 4.79 Å². The Balaban J connectivity index is 1.92. The number of rotatable bonds is 2. The van der Waals surface area contributed by atoms with E-state index in [2.05, 4.69) is 0 Å². The molecule has 0 aliphatic carbocycles. The van der Waals surface area contributed by atoms with Gasteiger partial charge in [-0.1, -0.05) is 0 Å². The number of benzene rings is 1. The highest BCUT2D eigenvalue weighted by molar-refractivity contribution is 5.99. The minimum atomic E-state index is -0.888. The third-order valence-corrected chi connectivity index (χ3v) is 4.15. The van der Waals surface area contributed by atoms with Gasteiger partial charge < -0.3 is 14.4 Å². The number of amides is 1. The summed E-state index contributed by atoms with van der Waals surface area (Å²) in [6, 6.07) is 4.10. The molecule has 1 atom stereocenters. The third kappa shape index (κ3) is 2.45. The molecule has 1 aromatic heterocycles. The Kier molecular flexibility index (Phi) is 3.60. The van der Waals surface area contributed by atoms with Crippen molar-refractivity contribution in [2.45, 2.75) is 19.8 Å². The van der Waals surface area contributed by atoms with Crippen LogP contribution in [0.4, 0.5) is 4.39 Å². The van der Waals surface area contributed by atoms with Gasteiger partial charge in [-0.3, -0.25) is 9.59 Å². The zero-order chi connectivity index (χ0) is 15.9. The molecule has 6 heteroatoms. The Labute approximate surface area is 126 Å². The maximum Gasteiger partial charge on any atom is 0.308 e. The predicted octanol–water partition coefficient (Wildman–Crippen LogP) is 2.82. The molecule has 0 spiro atoms. The van der Waals surface area contributed by atoms with E-state index in [9.17, 15) is 14.0 Å². The molecule has 2 heterocycles. The average Bonchev–Trinajstić information content (AvgIpc) is 2.83. The molecule has 1 saturated heterocycles. The highest BCUT2D eigenvalue weighted by Crippen LogP contribution is 2.28. The average molecular weight is 305 g/mol. The van der Waals surface area contributed by atoms with Crippen LogP contribution < -0.4 is 0 Å². The predicted molar refractivity (Wildman–Crippen MR) is 77.2 cm³/mol. The normalized spacial score (nSPS) is 18.6. The molecule has 22 heavy (non-hydrogen) atoms. The number of likely N-dealkylation sites (tertiary alicyclic amines) is 1. The van der Waals surface area contributed by atoms with Gasteiger partial charge in [0.15, 0.2) is 5.76 Å². The zero-order valence-corrected chi connectivity index (χ0v) is 12.1. The van der Waals surface area contributed by atoms with Crippen molar-refractivity contribution in [3.05, 3.63) is 35.3 Å². The van der Waals surface area contributed by atoms with Gasteiger partial charge in [-0.15, -0.1) is 0 Å². The quantitative estimate of drug-likeness (QED) is 0.926. The number of aliphatic carboxylic acids is 1. The van der Waals surface area contributed by atoms with Gasteiger partial charge in [0.2, 0.25) is 0 Å². The number of piperidine rings is 1. The number of carbonyl (C=O) groups is 2. The molecular weight excluding hydrogens is 289 g/mol. The van der Waals surface area contributed by atoms with Crippen LogP contribution in [0.1, 0.15) is 29.0 Å². The van der Waals surface area contributed by atoms with E-state index in [1.54, 1.807) is 6.92 Å². The van der Waals surface area contributed by atoms with Gasteiger partial charge in [-0.2, -0.15) is 0 Å². The van der Waals surface area contributed by atoms with E-state index in [0.717, 1.165) is 0 Å². The molecule has 2 aromatic rings. The molecule has 116 valence electrons. The van der Waals surface area contributed by atoms with Crippen molar-refractivity contribution >= 4 is 22.8 Å². The van der Waals surface area contributed by atoms with Crippen LogP contribution in [0.15, 0.2) is 22.6 Å². The molecule has 5 nitrogen and oxygen atoms in total. The molecule has 1 fully saturated rings. The summed E-state index contributed by atoms with van der Waals surface area (Å²) in [5.41, 5.74) is 1.03. The standard InChI is InChI=1S/C16H16FNO4/c1-9-12-7-11(17)4-5-13(12)22-14(9)15(19)18-6-2-3-10(8-18)16(20)21/h4-5,7,10H,2-3,6,8H2,1H3,(H,20,21). The van der Waals surface area contributed by atoms with E-state index >= 15 is 0 Å². The molecule has 1 unspecified atom stereocenters. The first-order valence-electron chi connectivity index (χ1n) is 7.18. The summed E-state index contributed by atoms with van der Waals surface area (Å²) in [7, 11) is 0.